The highest BCUT2D eigenvalue weighted by Crippen LogP contribution is 2.40. The molecule has 1 aromatic heterocycles. The number of ether oxygens (including phenoxy) is 3. The Balaban J connectivity index is 1.92. The quantitative estimate of drug-likeness (QED) is 0.652. The number of sulfone groups is 1. The molecule has 146 valence electrons. The number of aromatic nitrogens is 1. The average molecular weight is 408 g/mol. The van der Waals surface area contributed by atoms with E-state index in [9.17, 15) is 13.7 Å². The van der Waals surface area contributed by atoms with E-state index in [2.05, 4.69) is 11.1 Å². The molecular weight excluding hydrogens is 392 g/mol. The third-order valence-corrected chi connectivity index (χ3v) is 5.67. The van der Waals surface area contributed by atoms with E-state index in [0.29, 0.717) is 22.8 Å². The molecule has 0 spiro atoms. The summed E-state index contributed by atoms with van der Waals surface area (Å²) in [4.78, 5) is 4.76. The van der Waals surface area contributed by atoms with E-state index >= 15 is 0 Å². The Bertz CT molecular complexity index is 1250. The van der Waals surface area contributed by atoms with Crippen molar-refractivity contribution in [3.8, 4) is 45.8 Å². The van der Waals surface area contributed by atoms with Crippen molar-refractivity contribution < 1.29 is 22.6 Å². The number of pyridine rings is 1. The van der Waals surface area contributed by atoms with Crippen LogP contribution in [0, 0.1) is 11.3 Å². The van der Waals surface area contributed by atoms with E-state index in [4.69, 9.17) is 14.2 Å². The topological polar surface area (TPSA) is 98.5 Å². The maximum atomic E-state index is 11.8. The summed E-state index contributed by atoms with van der Waals surface area (Å²) in [6.45, 7) is 0.155. The van der Waals surface area contributed by atoms with Crippen LogP contribution >= 0.6 is 0 Å². The first-order chi connectivity index (χ1) is 13.9. The Morgan fingerprint density at radius 1 is 1.03 bits per heavy atom. The summed E-state index contributed by atoms with van der Waals surface area (Å²) in [5.74, 6) is 1.45. The Hall–Kier alpha value is -3.57. The zero-order valence-electron chi connectivity index (χ0n) is 15.7. The summed E-state index contributed by atoms with van der Waals surface area (Å²) in [5.41, 5.74) is 2.99. The van der Waals surface area contributed by atoms with E-state index in [1.165, 1.54) is 19.2 Å². The molecule has 0 atom stereocenters. The Labute approximate surface area is 168 Å². The lowest BCUT2D eigenvalue weighted by molar-refractivity contribution is 0.174. The van der Waals surface area contributed by atoms with Gasteiger partial charge in [0.1, 0.15) is 11.6 Å². The highest BCUT2D eigenvalue weighted by atomic mass is 32.2. The van der Waals surface area contributed by atoms with Gasteiger partial charge >= 0.3 is 0 Å². The van der Waals surface area contributed by atoms with Gasteiger partial charge in [-0.25, -0.2) is 13.4 Å². The summed E-state index contributed by atoms with van der Waals surface area (Å²) in [6.07, 6.45) is 1.16. The zero-order chi connectivity index (χ0) is 20.6. The van der Waals surface area contributed by atoms with Crippen LogP contribution in [0.3, 0.4) is 0 Å². The van der Waals surface area contributed by atoms with Crippen molar-refractivity contribution in [2.24, 2.45) is 0 Å². The van der Waals surface area contributed by atoms with E-state index < -0.39 is 9.84 Å². The first-order valence-electron chi connectivity index (χ1n) is 8.60. The predicted octanol–water partition coefficient (Wildman–Crippen LogP) is 3.43. The number of hydrogen-bond donors (Lipinski definition) is 0. The first kappa shape index (κ1) is 18.8. The van der Waals surface area contributed by atoms with Gasteiger partial charge in [-0.15, -0.1) is 0 Å². The van der Waals surface area contributed by atoms with Crippen LogP contribution in [0.1, 0.15) is 5.56 Å². The standard InChI is InChI=1S/C21H16N2O5S/c1-26-21-15(11-22)9-17(13-3-6-16(7-4-13)29(2,24)25)20(23-21)14-5-8-18-19(10-14)28-12-27-18/h3-10H,12H2,1-2H3. The molecule has 0 N–H and O–H groups in total. The van der Waals surface area contributed by atoms with Crippen molar-refractivity contribution >= 4 is 9.84 Å². The molecule has 2 heterocycles. The Kier molecular flexibility index (Phi) is 4.60. The van der Waals surface area contributed by atoms with Crippen molar-refractivity contribution in [3.63, 3.8) is 0 Å². The van der Waals surface area contributed by atoms with Gasteiger partial charge in [0, 0.05) is 17.4 Å². The third kappa shape index (κ3) is 3.48. The summed E-state index contributed by atoms with van der Waals surface area (Å²) in [7, 11) is -1.86. The lowest BCUT2D eigenvalue weighted by atomic mass is 9.97. The molecule has 3 aromatic rings. The summed E-state index contributed by atoms with van der Waals surface area (Å²) < 4.78 is 39.6. The maximum Gasteiger partial charge on any atom is 0.232 e. The molecule has 0 saturated heterocycles. The Morgan fingerprint density at radius 2 is 1.72 bits per heavy atom. The molecular formula is C21H16N2O5S. The minimum absolute atomic E-state index is 0.155. The number of hydrogen-bond acceptors (Lipinski definition) is 7. The van der Waals surface area contributed by atoms with Gasteiger partial charge in [-0.1, -0.05) is 12.1 Å². The fourth-order valence-corrected chi connectivity index (χ4v) is 3.73. The Morgan fingerprint density at radius 3 is 2.38 bits per heavy atom. The van der Waals surface area contributed by atoms with E-state index in [1.54, 1.807) is 24.3 Å². The van der Waals surface area contributed by atoms with Gasteiger partial charge in [-0.2, -0.15) is 5.26 Å². The van der Waals surface area contributed by atoms with Crippen LogP contribution in [0.2, 0.25) is 0 Å². The molecule has 29 heavy (non-hydrogen) atoms. The van der Waals surface area contributed by atoms with Crippen LogP contribution in [0.15, 0.2) is 53.4 Å². The maximum absolute atomic E-state index is 11.8. The fraction of sp³-hybridized carbons (Fsp3) is 0.143. The predicted molar refractivity (Wildman–Crippen MR) is 106 cm³/mol. The third-order valence-electron chi connectivity index (χ3n) is 4.54. The molecule has 1 aliphatic heterocycles. The summed E-state index contributed by atoms with van der Waals surface area (Å²) in [6, 6.07) is 15.7. The van der Waals surface area contributed by atoms with Crippen LogP contribution in [-0.2, 0) is 9.84 Å². The molecule has 0 saturated carbocycles. The second-order valence-electron chi connectivity index (χ2n) is 6.42. The van der Waals surface area contributed by atoms with Crippen LogP contribution in [0.25, 0.3) is 22.4 Å². The minimum Gasteiger partial charge on any atom is -0.480 e. The molecule has 0 amide bonds. The van der Waals surface area contributed by atoms with Crippen molar-refractivity contribution in [3.05, 3.63) is 54.1 Å². The molecule has 1 aliphatic rings. The monoisotopic (exact) mass is 408 g/mol. The second kappa shape index (κ2) is 7.11. The van der Waals surface area contributed by atoms with Gasteiger partial charge in [0.05, 0.1) is 17.7 Å². The van der Waals surface area contributed by atoms with E-state index in [0.717, 1.165) is 17.4 Å². The smallest absolute Gasteiger partial charge is 0.232 e. The summed E-state index contributed by atoms with van der Waals surface area (Å²) >= 11 is 0. The molecule has 8 heteroatoms. The number of nitrogens with zero attached hydrogens (tertiary/aromatic N) is 2. The lowest BCUT2D eigenvalue weighted by Gasteiger charge is -2.13. The summed E-state index contributed by atoms with van der Waals surface area (Å²) in [5, 5.41) is 9.47. The molecule has 0 aliphatic carbocycles. The molecule has 0 fully saturated rings. The van der Waals surface area contributed by atoms with Crippen LogP contribution in [0.4, 0.5) is 0 Å². The van der Waals surface area contributed by atoms with Gasteiger partial charge in [0.2, 0.25) is 12.7 Å². The van der Waals surface area contributed by atoms with Gasteiger partial charge in [0.15, 0.2) is 21.3 Å². The number of fused-ring (bicyclic) bond motifs is 1. The zero-order valence-corrected chi connectivity index (χ0v) is 16.5. The molecule has 0 radical (unpaired) electrons. The van der Waals surface area contributed by atoms with Crippen LogP contribution in [-0.4, -0.2) is 33.6 Å². The second-order valence-corrected chi connectivity index (χ2v) is 8.43. The molecule has 2 aromatic carbocycles. The average Bonchev–Trinajstić information content (AvgIpc) is 3.20. The van der Waals surface area contributed by atoms with Crippen LogP contribution < -0.4 is 14.2 Å². The minimum atomic E-state index is -3.31. The van der Waals surface area contributed by atoms with E-state index in [-0.39, 0.29) is 23.1 Å². The molecule has 0 unspecified atom stereocenters. The van der Waals surface area contributed by atoms with Crippen LogP contribution in [0.5, 0.6) is 17.4 Å². The molecule has 7 nitrogen and oxygen atoms in total. The first-order valence-corrected chi connectivity index (χ1v) is 10.5. The lowest BCUT2D eigenvalue weighted by Crippen LogP contribution is -1.99. The van der Waals surface area contributed by atoms with Crippen molar-refractivity contribution in [2.45, 2.75) is 4.90 Å². The molecule has 4 rings (SSSR count). The highest BCUT2D eigenvalue weighted by Gasteiger charge is 2.20. The fourth-order valence-electron chi connectivity index (χ4n) is 3.10. The SMILES string of the molecule is COc1nc(-c2ccc3c(c2)OCO3)c(-c2ccc(S(C)(=O)=O)cc2)cc1C#N. The number of rotatable bonds is 4. The van der Waals surface area contributed by atoms with Gasteiger partial charge in [0.25, 0.3) is 0 Å². The highest BCUT2D eigenvalue weighted by molar-refractivity contribution is 7.90. The largest absolute Gasteiger partial charge is 0.480 e. The van der Waals surface area contributed by atoms with Crippen molar-refractivity contribution in [1.82, 2.24) is 4.98 Å². The number of methoxy groups -OCH3 is 1. The van der Waals surface area contributed by atoms with Gasteiger partial charge in [-0.3, -0.25) is 0 Å². The number of nitriles is 1. The van der Waals surface area contributed by atoms with Gasteiger partial charge in [-0.05, 0) is 42.0 Å². The number of benzene rings is 2. The van der Waals surface area contributed by atoms with Gasteiger partial charge < -0.3 is 14.2 Å². The molecule has 0 bridgehead atoms. The normalized spacial score (nSPS) is 12.4. The van der Waals surface area contributed by atoms with E-state index in [1.807, 2.05) is 12.1 Å². The van der Waals surface area contributed by atoms with Crippen molar-refractivity contribution in [2.75, 3.05) is 20.2 Å². The van der Waals surface area contributed by atoms with Crippen molar-refractivity contribution in [1.29, 1.82) is 5.26 Å².